The maximum absolute atomic E-state index is 10.4. The van der Waals surface area contributed by atoms with E-state index in [1.54, 1.807) is 6.07 Å². The lowest BCUT2D eigenvalue weighted by atomic mass is 9.89. The molecular formula is C24H31N3O. The predicted molar refractivity (Wildman–Crippen MR) is 116 cm³/mol. The van der Waals surface area contributed by atoms with Gasteiger partial charge in [-0.15, -0.1) is 0 Å². The van der Waals surface area contributed by atoms with E-state index >= 15 is 0 Å². The van der Waals surface area contributed by atoms with Gasteiger partial charge in [0.2, 0.25) is 0 Å². The number of hydrogen-bond donors (Lipinski definition) is 3. The van der Waals surface area contributed by atoms with Gasteiger partial charge in [0.1, 0.15) is 5.75 Å². The Kier molecular flexibility index (Phi) is 6.27. The smallest absolute Gasteiger partial charge is 0.138 e. The van der Waals surface area contributed by atoms with Gasteiger partial charge in [-0.2, -0.15) is 0 Å². The fourth-order valence-corrected chi connectivity index (χ4v) is 4.35. The number of aromatic hydroxyl groups is 1. The van der Waals surface area contributed by atoms with Crippen molar-refractivity contribution in [2.45, 2.75) is 51.5 Å². The second-order valence-corrected chi connectivity index (χ2v) is 8.04. The van der Waals surface area contributed by atoms with Crippen molar-refractivity contribution in [3.8, 4) is 5.75 Å². The van der Waals surface area contributed by atoms with E-state index in [1.165, 1.54) is 43.2 Å². The molecule has 2 aliphatic rings. The zero-order chi connectivity index (χ0) is 19.2. The summed E-state index contributed by atoms with van der Waals surface area (Å²) in [5, 5.41) is 17.2. The summed E-state index contributed by atoms with van der Waals surface area (Å²) in [6, 6.07) is 8.07. The van der Waals surface area contributed by atoms with Crippen molar-refractivity contribution in [1.82, 2.24) is 10.3 Å². The van der Waals surface area contributed by atoms with Gasteiger partial charge in [-0.25, -0.2) is 0 Å². The highest BCUT2D eigenvalue weighted by Gasteiger charge is 2.15. The van der Waals surface area contributed by atoms with E-state index in [4.69, 9.17) is 0 Å². The Bertz CT molecular complexity index is 807. The molecular weight excluding hydrogens is 346 g/mol. The third-order valence-electron chi connectivity index (χ3n) is 6.02. The van der Waals surface area contributed by atoms with E-state index in [0.29, 0.717) is 12.3 Å². The molecule has 2 aromatic rings. The number of aromatic nitrogens is 1. The summed E-state index contributed by atoms with van der Waals surface area (Å²) in [6.45, 7) is 2.56. The lowest BCUT2D eigenvalue weighted by Crippen LogP contribution is -2.16. The van der Waals surface area contributed by atoms with Crippen LogP contribution < -0.4 is 10.6 Å². The third kappa shape index (κ3) is 4.74. The first-order chi connectivity index (χ1) is 13.8. The van der Waals surface area contributed by atoms with E-state index in [9.17, 15) is 5.11 Å². The van der Waals surface area contributed by atoms with Crippen LogP contribution in [0.3, 0.4) is 0 Å². The van der Waals surface area contributed by atoms with Crippen LogP contribution in [0, 0.1) is 5.92 Å². The third-order valence-corrected chi connectivity index (χ3v) is 6.02. The zero-order valence-electron chi connectivity index (χ0n) is 16.6. The monoisotopic (exact) mass is 377 g/mol. The molecule has 3 N–H and O–H groups in total. The van der Waals surface area contributed by atoms with Gasteiger partial charge >= 0.3 is 0 Å². The van der Waals surface area contributed by atoms with Crippen LogP contribution in [-0.2, 0) is 19.4 Å². The Hall–Kier alpha value is -2.33. The summed E-state index contributed by atoms with van der Waals surface area (Å²) in [6.07, 6.45) is 15.2. The summed E-state index contributed by atoms with van der Waals surface area (Å²) < 4.78 is 0. The Labute approximate surface area is 168 Å². The van der Waals surface area contributed by atoms with E-state index in [0.717, 1.165) is 48.8 Å². The fraction of sp³-hybridized carbons (Fsp3) is 0.458. The van der Waals surface area contributed by atoms with E-state index in [-0.39, 0.29) is 0 Å². The summed E-state index contributed by atoms with van der Waals surface area (Å²) in [7, 11) is 0. The highest BCUT2D eigenvalue weighted by molar-refractivity contribution is 5.64. The molecule has 0 amide bonds. The van der Waals surface area contributed by atoms with Crippen LogP contribution in [0.25, 0.3) is 6.08 Å². The van der Waals surface area contributed by atoms with Crippen LogP contribution in [-0.4, -0.2) is 23.2 Å². The molecule has 1 aliphatic carbocycles. The fourth-order valence-electron chi connectivity index (χ4n) is 4.35. The second kappa shape index (κ2) is 9.24. The van der Waals surface area contributed by atoms with Crippen molar-refractivity contribution in [3.63, 3.8) is 0 Å². The van der Waals surface area contributed by atoms with Crippen molar-refractivity contribution in [1.29, 1.82) is 0 Å². The predicted octanol–water partition coefficient (Wildman–Crippen LogP) is 4.68. The summed E-state index contributed by atoms with van der Waals surface area (Å²) in [4.78, 5) is 4.61. The number of rotatable bonds is 5. The van der Waals surface area contributed by atoms with Gasteiger partial charge in [0.05, 0.1) is 17.9 Å². The van der Waals surface area contributed by atoms with Crippen LogP contribution in [0.2, 0.25) is 0 Å². The molecule has 0 unspecified atom stereocenters. The number of allylic oxidation sites excluding steroid dienone is 1. The second-order valence-electron chi connectivity index (χ2n) is 8.04. The molecule has 1 saturated carbocycles. The first kappa shape index (κ1) is 19.0. The van der Waals surface area contributed by atoms with Gasteiger partial charge in [-0.1, -0.05) is 43.5 Å². The maximum atomic E-state index is 10.4. The number of phenols is 1. The van der Waals surface area contributed by atoms with Crippen molar-refractivity contribution >= 4 is 11.8 Å². The Morgan fingerprint density at radius 2 is 1.93 bits per heavy atom. The van der Waals surface area contributed by atoms with Gasteiger partial charge in [0.25, 0.3) is 0 Å². The number of benzene rings is 1. The van der Waals surface area contributed by atoms with Crippen LogP contribution in [0.4, 0.5) is 5.69 Å². The largest absolute Gasteiger partial charge is 0.506 e. The molecule has 4 nitrogen and oxygen atoms in total. The molecule has 0 atom stereocenters. The molecule has 1 aromatic carbocycles. The minimum atomic E-state index is 0.327. The number of nitrogens with zero attached hydrogens (tertiary/aromatic N) is 1. The maximum Gasteiger partial charge on any atom is 0.138 e. The summed E-state index contributed by atoms with van der Waals surface area (Å²) in [5.41, 5.74) is 5.57. The van der Waals surface area contributed by atoms with Gasteiger partial charge in [-0.3, -0.25) is 4.98 Å². The Morgan fingerprint density at radius 1 is 1.07 bits per heavy atom. The Balaban J connectivity index is 1.39. The molecule has 4 rings (SSSR count). The molecule has 1 aromatic heterocycles. The van der Waals surface area contributed by atoms with Crippen molar-refractivity contribution < 1.29 is 5.11 Å². The number of phenolic OH excluding ortho intramolecular Hbond substituents is 1. The first-order valence-corrected chi connectivity index (χ1v) is 10.7. The van der Waals surface area contributed by atoms with Crippen molar-refractivity contribution in [2.24, 2.45) is 5.92 Å². The molecule has 148 valence electrons. The van der Waals surface area contributed by atoms with Crippen LogP contribution in [0.5, 0.6) is 5.75 Å². The number of hydrogen-bond acceptors (Lipinski definition) is 4. The highest BCUT2D eigenvalue weighted by atomic mass is 16.3. The molecule has 4 heteroatoms. The number of pyridine rings is 1. The minimum Gasteiger partial charge on any atom is -0.506 e. The van der Waals surface area contributed by atoms with Gasteiger partial charge in [0, 0.05) is 6.20 Å². The quantitative estimate of drug-likeness (QED) is 0.662. The molecule has 2 heterocycles. The molecule has 1 aliphatic heterocycles. The van der Waals surface area contributed by atoms with Crippen molar-refractivity contribution in [2.75, 3.05) is 18.4 Å². The normalized spacial score (nSPS) is 18.0. The number of fused-ring (bicyclic) bond motifs is 1. The SMILES string of the molecule is Oc1ccc2c(c1NCc1ccc(/C=C/C3CCCCC3)cn1)CCNCC2. The number of nitrogens with one attached hydrogen (secondary N) is 2. The zero-order valence-corrected chi connectivity index (χ0v) is 16.6. The molecule has 0 bridgehead atoms. The standard InChI is InChI=1S/C24H31N3O/c28-23-11-9-20-12-14-25-15-13-22(20)24(23)27-17-21-10-8-19(16-26-21)7-6-18-4-2-1-3-5-18/h6-11,16,18,25,27-28H,1-5,12-15,17H2/b7-6+. The van der Waals surface area contributed by atoms with E-state index in [2.05, 4.69) is 46.0 Å². The van der Waals surface area contributed by atoms with Gasteiger partial charge < -0.3 is 15.7 Å². The summed E-state index contributed by atoms with van der Waals surface area (Å²) in [5.74, 6) is 1.06. The van der Waals surface area contributed by atoms with Gasteiger partial charge in [-0.05, 0) is 73.5 Å². The Morgan fingerprint density at radius 3 is 2.75 bits per heavy atom. The van der Waals surface area contributed by atoms with Crippen LogP contribution in [0.15, 0.2) is 36.5 Å². The molecule has 0 saturated heterocycles. The lowest BCUT2D eigenvalue weighted by molar-refractivity contribution is 0.420. The first-order valence-electron chi connectivity index (χ1n) is 10.7. The number of anilines is 1. The van der Waals surface area contributed by atoms with Crippen LogP contribution >= 0.6 is 0 Å². The molecule has 0 radical (unpaired) electrons. The van der Waals surface area contributed by atoms with E-state index in [1.807, 2.05) is 6.20 Å². The molecule has 1 fully saturated rings. The van der Waals surface area contributed by atoms with Gasteiger partial charge in [0.15, 0.2) is 0 Å². The van der Waals surface area contributed by atoms with E-state index < -0.39 is 0 Å². The lowest BCUT2D eigenvalue weighted by Gasteiger charge is -2.17. The topological polar surface area (TPSA) is 57.2 Å². The summed E-state index contributed by atoms with van der Waals surface area (Å²) >= 11 is 0. The molecule has 28 heavy (non-hydrogen) atoms. The average Bonchev–Trinajstić information content (AvgIpc) is 2.99. The molecule has 0 spiro atoms. The van der Waals surface area contributed by atoms with Crippen molar-refractivity contribution in [3.05, 3.63) is 58.9 Å². The highest BCUT2D eigenvalue weighted by Crippen LogP contribution is 2.32. The van der Waals surface area contributed by atoms with Crippen LogP contribution in [0.1, 0.15) is 54.5 Å². The minimum absolute atomic E-state index is 0.327. The average molecular weight is 378 g/mol.